The van der Waals surface area contributed by atoms with Crippen LogP contribution < -0.4 is 10.1 Å². The van der Waals surface area contributed by atoms with Gasteiger partial charge in [0.1, 0.15) is 5.15 Å². The molecule has 0 saturated carbocycles. The molecular formula is C11H16ClN3O. The van der Waals surface area contributed by atoms with Crippen molar-refractivity contribution in [2.75, 3.05) is 19.7 Å². The van der Waals surface area contributed by atoms with Gasteiger partial charge >= 0.3 is 6.01 Å². The van der Waals surface area contributed by atoms with Crippen LogP contribution in [0.4, 0.5) is 0 Å². The fourth-order valence-corrected chi connectivity index (χ4v) is 1.86. The van der Waals surface area contributed by atoms with Gasteiger partial charge in [-0.15, -0.1) is 0 Å². The molecule has 5 heteroatoms. The van der Waals surface area contributed by atoms with E-state index in [1.54, 1.807) is 6.20 Å². The molecule has 0 amide bonds. The molecule has 2 heterocycles. The Labute approximate surface area is 100 Å². The Balaban J connectivity index is 1.86. The van der Waals surface area contributed by atoms with Crippen LogP contribution in [0, 0.1) is 12.8 Å². The molecule has 88 valence electrons. The SMILES string of the molecule is Cc1cnc(OC[C@@H]2CCCNC2)nc1Cl. The molecule has 16 heavy (non-hydrogen) atoms. The Hall–Kier alpha value is -0.870. The van der Waals surface area contributed by atoms with E-state index in [-0.39, 0.29) is 0 Å². The van der Waals surface area contributed by atoms with Crippen molar-refractivity contribution < 1.29 is 4.74 Å². The third-order valence-electron chi connectivity index (χ3n) is 2.73. The second kappa shape index (κ2) is 5.46. The summed E-state index contributed by atoms with van der Waals surface area (Å²) in [5.74, 6) is 0.553. The van der Waals surface area contributed by atoms with Gasteiger partial charge in [0.15, 0.2) is 0 Å². The lowest BCUT2D eigenvalue weighted by atomic mass is 10.0. The van der Waals surface area contributed by atoms with Crippen molar-refractivity contribution in [2.45, 2.75) is 19.8 Å². The standard InChI is InChI=1S/C11H16ClN3O/c1-8-5-14-11(15-10(8)12)16-7-9-3-2-4-13-6-9/h5,9,13H,2-4,6-7H2,1H3/t9-/m1/s1. The molecule has 1 aliphatic heterocycles. The van der Waals surface area contributed by atoms with Crippen LogP contribution in [-0.4, -0.2) is 29.7 Å². The minimum atomic E-state index is 0.376. The number of hydrogen-bond donors (Lipinski definition) is 1. The maximum Gasteiger partial charge on any atom is 0.317 e. The van der Waals surface area contributed by atoms with Crippen molar-refractivity contribution in [3.63, 3.8) is 0 Å². The Morgan fingerprint density at radius 3 is 3.19 bits per heavy atom. The monoisotopic (exact) mass is 241 g/mol. The van der Waals surface area contributed by atoms with Crippen LogP contribution in [0.3, 0.4) is 0 Å². The van der Waals surface area contributed by atoms with Crippen LogP contribution in [0.25, 0.3) is 0 Å². The highest BCUT2D eigenvalue weighted by atomic mass is 35.5. The Morgan fingerprint density at radius 2 is 2.50 bits per heavy atom. The summed E-state index contributed by atoms with van der Waals surface area (Å²) in [5.41, 5.74) is 0.869. The van der Waals surface area contributed by atoms with Gasteiger partial charge in [-0.25, -0.2) is 4.98 Å². The topological polar surface area (TPSA) is 47.0 Å². The van der Waals surface area contributed by atoms with Crippen LogP contribution in [-0.2, 0) is 0 Å². The molecule has 0 radical (unpaired) electrons. The zero-order valence-corrected chi connectivity index (χ0v) is 10.1. The smallest absolute Gasteiger partial charge is 0.317 e. The first kappa shape index (κ1) is 11.6. The molecule has 1 N–H and O–H groups in total. The lowest BCUT2D eigenvalue weighted by Gasteiger charge is -2.22. The summed E-state index contributed by atoms with van der Waals surface area (Å²) in [6.45, 7) is 4.66. The number of aryl methyl sites for hydroxylation is 1. The first-order valence-electron chi connectivity index (χ1n) is 5.58. The Morgan fingerprint density at radius 1 is 1.62 bits per heavy atom. The van der Waals surface area contributed by atoms with Crippen LogP contribution in [0.1, 0.15) is 18.4 Å². The molecule has 0 unspecified atom stereocenters. The fourth-order valence-electron chi connectivity index (χ4n) is 1.73. The number of aromatic nitrogens is 2. The molecule has 0 spiro atoms. The van der Waals surface area contributed by atoms with Gasteiger partial charge in [0.2, 0.25) is 0 Å². The molecule has 2 rings (SSSR count). The lowest BCUT2D eigenvalue weighted by Crippen LogP contribution is -2.33. The first-order valence-corrected chi connectivity index (χ1v) is 5.96. The summed E-state index contributed by atoms with van der Waals surface area (Å²) in [4.78, 5) is 8.15. The number of nitrogens with one attached hydrogen (secondary N) is 1. The molecular weight excluding hydrogens is 226 g/mol. The maximum atomic E-state index is 5.89. The minimum Gasteiger partial charge on any atom is -0.463 e. The quantitative estimate of drug-likeness (QED) is 0.820. The van der Waals surface area contributed by atoms with Gasteiger partial charge in [0.25, 0.3) is 0 Å². The summed E-state index contributed by atoms with van der Waals surface area (Å²) in [5, 5.41) is 3.81. The fraction of sp³-hybridized carbons (Fsp3) is 0.636. The zero-order valence-electron chi connectivity index (χ0n) is 9.37. The van der Waals surface area contributed by atoms with E-state index in [4.69, 9.17) is 16.3 Å². The van der Waals surface area contributed by atoms with E-state index in [0.29, 0.717) is 23.7 Å². The summed E-state index contributed by atoms with van der Waals surface area (Å²) in [7, 11) is 0. The summed E-state index contributed by atoms with van der Waals surface area (Å²) in [6, 6.07) is 0.376. The van der Waals surface area contributed by atoms with E-state index in [9.17, 15) is 0 Å². The van der Waals surface area contributed by atoms with Crippen LogP contribution >= 0.6 is 11.6 Å². The van der Waals surface area contributed by atoms with Gasteiger partial charge < -0.3 is 10.1 Å². The molecule has 0 bridgehead atoms. The van der Waals surface area contributed by atoms with Crippen molar-refractivity contribution in [3.8, 4) is 6.01 Å². The minimum absolute atomic E-state index is 0.376. The van der Waals surface area contributed by atoms with Crippen molar-refractivity contribution in [3.05, 3.63) is 16.9 Å². The van der Waals surface area contributed by atoms with E-state index in [1.165, 1.54) is 12.8 Å². The highest BCUT2D eigenvalue weighted by Gasteiger charge is 2.14. The average molecular weight is 242 g/mol. The van der Waals surface area contributed by atoms with Crippen molar-refractivity contribution in [2.24, 2.45) is 5.92 Å². The molecule has 1 fully saturated rings. The number of rotatable bonds is 3. The summed E-state index contributed by atoms with van der Waals surface area (Å²) < 4.78 is 5.53. The van der Waals surface area contributed by atoms with Crippen molar-refractivity contribution >= 4 is 11.6 Å². The third kappa shape index (κ3) is 3.06. The third-order valence-corrected chi connectivity index (χ3v) is 3.12. The van der Waals surface area contributed by atoms with Gasteiger partial charge in [-0.2, -0.15) is 4.98 Å². The molecule has 1 aromatic heterocycles. The molecule has 1 saturated heterocycles. The van der Waals surface area contributed by atoms with Gasteiger partial charge in [-0.1, -0.05) is 11.6 Å². The van der Waals surface area contributed by atoms with Crippen LogP contribution in [0.2, 0.25) is 5.15 Å². The number of piperidine rings is 1. The Kier molecular flexibility index (Phi) is 3.96. The van der Waals surface area contributed by atoms with E-state index in [0.717, 1.165) is 18.7 Å². The zero-order chi connectivity index (χ0) is 11.4. The van der Waals surface area contributed by atoms with Gasteiger partial charge in [0, 0.05) is 24.2 Å². The first-order chi connectivity index (χ1) is 7.75. The molecule has 1 aliphatic rings. The van der Waals surface area contributed by atoms with Gasteiger partial charge in [-0.3, -0.25) is 0 Å². The summed E-state index contributed by atoms with van der Waals surface area (Å²) in [6.07, 6.45) is 4.10. The van der Waals surface area contributed by atoms with Gasteiger partial charge in [0.05, 0.1) is 6.61 Å². The van der Waals surface area contributed by atoms with E-state index in [2.05, 4.69) is 15.3 Å². The van der Waals surface area contributed by atoms with E-state index >= 15 is 0 Å². The van der Waals surface area contributed by atoms with Crippen LogP contribution in [0.15, 0.2) is 6.20 Å². The van der Waals surface area contributed by atoms with E-state index < -0.39 is 0 Å². The average Bonchev–Trinajstić information content (AvgIpc) is 2.32. The van der Waals surface area contributed by atoms with Crippen molar-refractivity contribution in [1.29, 1.82) is 0 Å². The molecule has 4 nitrogen and oxygen atoms in total. The Bertz CT molecular complexity index is 353. The maximum absolute atomic E-state index is 5.89. The molecule has 1 atom stereocenters. The predicted molar refractivity (Wildman–Crippen MR) is 62.9 cm³/mol. The number of ether oxygens (including phenoxy) is 1. The highest BCUT2D eigenvalue weighted by molar-refractivity contribution is 6.30. The number of hydrogen-bond acceptors (Lipinski definition) is 4. The second-order valence-corrected chi connectivity index (χ2v) is 4.51. The van der Waals surface area contributed by atoms with Crippen LogP contribution in [0.5, 0.6) is 6.01 Å². The molecule has 0 aliphatic carbocycles. The highest BCUT2D eigenvalue weighted by Crippen LogP contribution is 2.15. The normalized spacial score (nSPS) is 20.8. The van der Waals surface area contributed by atoms with Gasteiger partial charge in [-0.05, 0) is 26.3 Å². The number of halogens is 1. The largest absolute Gasteiger partial charge is 0.463 e. The van der Waals surface area contributed by atoms with Crippen molar-refractivity contribution in [1.82, 2.24) is 15.3 Å². The lowest BCUT2D eigenvalue weighted by molar-refractivity contribution is 0.205. The molecule has 1 aromatic rings. The number of nitrogens with zero attached hydrogens (tertiary/aromatic N) is 2. The molecule has 0 aromatic carbocycles. The second-order valence-electron chi connectivity index (χ2n) is 4.15. The van der Waals surface area contributed by atoms with E-state index in [1.807, 2.05) is 6.92 Å². The predicted octanol–water partition coefficient (Wildman–Crippen LogP) is 1.82. The summed E-state index contributed by atoms with van der Waals surface area (Å²) >= 11 is 5.89.